The van der Waals surface area contributed by atoms with Gasteiger partial charge in [-0.2, -0.15) is 0 Å². The minimum atomic E-state index is 0.0457. The second kappa shape index (κ2) is 7.64. The normalized spacial score (nSPS) is 13.7. The van der Waals surface area contributed by atoms with Crippen LogP contribution in [0.25, 0.3) is 28.4 Å². The molecule has 5 rings (SSSR count). The third kappa shape index (κ3) is 3.20. The molecule has 3 heterocycles. The van der Waals surface area contributed by atoms with Gasteiger partial charge in [0, 0.05) is 43.4 Å². The third-order valence-corrected chi connectivity index (χ3v) is 5.87. The van der Waals surface area contributed by atoms with Crippen molar-refractivity contribution in [1.29, 1.82) is 0 Å². The Morgan fingerprint density at radius 1 is 0.967 bits per heavy atom. The smallest absolute Gasteiger partial charge is 0.246 e. The molecule has 0 saturated carbocycles. The van der Waals surface area contributed by atoms with Crippen LogP contribution in [0.4, 0.5) is 0 Å². The lowest BCUT2D eigenvalue weighted by Crippen LogP contribution is -2.34. The van der Waals surface area contributed by atoms with Gasteiger partial charge in [-0.3, -0.25) is 4.79 Å². The fraction of sp³-hybridized carbons (Fsp3) is 0.154. The highest BCUT2D eigenvalue weighted by Gasteiger charge is 2.20. The summed E-state index contributed by atoms with van der Waals surface area (Å²) in [5.74, 6) is 0.0457. The lowest BCUT2D eigenvalue weighted by molar-refractivity contribution is -0.126. The number of rotatable bonds is 3. The summed E-state index contributed by atoms with van der Waals surface area (Å²) < 4.78 is 2.10. The Hall–Kier alpha value is -3.66. The van der Waals surface area contributed by atoms with E-state index >= 15 is 0 Å². The Morgan fingerprint density at radius 2 is 1.73 bits per heavy atom. The first-order valence-electron chi connectivity index (χ1n) is 10.2. The minimum absolute atomic E-state index is 0.0457. The van der Waals surface area contributed by atoms with Gasteiger partial charge in [-0.15, -0.1) is 0 Å². The largest absolute Gasteiger partial charge is 0.334 e. The SMILES string of the molecule is Cn1c(-c2ccccc2)c(/C=C/C(=O)N2CCc3ccccc3C2)c2cccnc21. The Labute approximate surface area is 176 Å². The number of hydrogen-bond donors (Lipinski definition) is 0. The van der Waals surface area contributed by atoms with Crippen LogP contribution in [0, 0.1) is 0 Å². The lowest BCUT2D eigenvalue weighted by Gasteiger charge is -2.27. The molecular weight excluding hydrogens is 370 g/mol. The molecule has 0 spiro atoms. The van der Waals surface area contributed by atoms with Crippen molar-refractivity contribution < 1.29 is 4.79 Å². The quantitative estimate of drug-likeness (QED) is 0.467. The molecule has 1 aliphatic heterocycles. The van der Waals surface area contributed by atoms with Gasteiger partial charge in [0.15, 0.2) is 0 Å². The number of amides is 1. The number of pyridine rings is 1. The van der Waals surface area contributed by atoms with Crippen molar-refractivity contribution in [2.75, 3.05) is 6.54 Å². The van der Waals surface area contributed by atoms with Gasteiger partial charge >= 0.3 is 0 Å². The summed E-state index contributed by atoms with van der Waals surface area (Å²) in [5.41, 5.74) is 6.70. The van der Waals surface area contributed by atoms with Crippen LogP contribution in [-0.4, -0.2) is 26.9 Å². The first kappa shape index (κ1) is 18.4. The summed E-state index contributed by atoms with van der Waals surface area (Å²) in [6.45, 7) is 1.42. The van der Waals surface area contributed by atoms with E-state index in [9.17, 15) is 4.79 Å². The molecule has 0 N–H and O–H groups in total. The summed E-state index contributed by atoms with van der Waals surface area (Å²) in [4.78, 5) is 19.5. The Balaban J connectivity index is 1.51. The van der Waals surface area contributed by atoms with E-state index in [0.717, 1.165) is 40.8 Å². The number of nitrogens with zero attached hydrogens (tertiary/aromatic N) is 3. The van der Waals surface area contributed by atoms with E-state index in [4.69, 9.17) is 0 Å². The number of carbonyl (C=O) groups excluding carboxylic acids is 1. The van der Waals surface area contributed by atoms with Gasteiger partial charge in [0.2, 0.25) is 5.91 Å². The third-order valence-electron chi connectivity index (χ3n) is 5.87. The van der Waals surface area contributed by atoms with Gasteiger partial charge in [0.05, 0.1) is 5.69 Å². The highest BCUT2D eigenvalue weighted by molar-refractivity contribution is 6.00. The van der Waals surface area contributed by atoms with Crippen LogP contribution in [0.1, 0.15) is 16.7 Å². The van der Waals surface area contributed by atoms with Crippen LogP contribution in [-0.2, 0) is 24.8 Å². The van der Waals surface area contributed by atoms with Gasteiger partial charge in [-0.05, 0) is 41.3 Å². The monoisotopic (exact) mass is 393 g/mol. The molecule has 0 aliphatic carbocycles. The highest BCUT2D eigenvalue weighted by atomic mass is 16.2. The maximum Gasteiger partial charge on any atom is 0.246 e. The van der Waals surface area contributed by atoms with Crippen molar-refractivity contribution >= 4 is 23.0 Å². The zero-order chi connectivity index (χ0) is 20.5. The van der Waals surface area contributed by atoms with E-state index in [2.05, 4.69) is 45.9 Å². The molecule has 4 aromatic rings. The van der Waals surface area contributed by atoms with Crippen molar-refractivity contribution in [3.63, 3.8) is 0 Å². The van der Waals surface area contributed by atoms with Crippen LogP contribution >= 0.6 is 0 Å². The summed E-state index contributed by atoms with van der Waals surface area (Å²) in [6.07, 6.45) is 6.38. The Bertz CT molecular complexity index is 1250. The fourth-order valence-corrected chi connectivity index (χ4v) is 4.35. The summed E-state index contributed by atoms with van der Waals surface area (Å²) in [7, 11) is 2.03. The number of aromatic nitrogens is 2. The molecule has 148 valence electrons. The molecule has 0 atom stereocenters. The second-order valence-corrected chi connectivity index (χ2v) is 7.67. The van der Waals surface area contributed by atoms with E-state index in [1.54, 1.807) is 12.3 Å². The number of hydrogen-bond acceptors (Lipinski definition) is 2. The fourth-order valence-electron chi connectivity index (χ4n) is 4.35. The molecular formula is C26H23N3O. The second-order valence-electron chi connectivity index (χ2n) is 7.67. The molecule has 1 amide bonds. The van der Waals surface area contributed by atoms with Crippen LogP contribution < -0.4 is 0 Å². The molecule has 0 unspecified atom stereocenters. The van der Waals surface area contributed by atoms with E-state index in [1.807, 2.05) is 48.4 Å². The molecule has 30 heavy (non-hydrogen) atoms. The Kier molecular flexibility index (Phi) is 4.68. The molecule has 4 nitrogen and oxygen atoms in total. The average molecular weight is 393 g/mol. The lowest BCUT2D eigenvalue weighted by atomic mass is 10.00. The number of aryl methyl sites for hydroxylation is 1. The van der Waals surface area contributed by atoms with Gasteiger partial charge in [-0.1, -0.05) is 54.6 Å². The number of fused-ring (bicyclic) bond motifs is 2. The molecule has 0 radical (unpaired) electrons. The van der Waals surface area contributed by atoms with Gasteiger partial charge in [-0.25, -0.2) is 4.98 Å². The Morgan fingerprint density at radius 3 is 2.57 bits per heavy atom. The van der Waals surface area contributed by atoms with Crippen LogP contribution in [0.3, 0.4) is 0 Å². The van der Waals surface area contributed by atoms with Gasteiger partial charge in [0.25, 0.3) is 0 Å². The maximum absolute atomic E-state index is 13.0. The molecule has 2 aromatic carbocycles. The molecule has 2 aromatic heterocycles. The van der Waals surface area contributed by atoms with Crippen molar-refractivity contribution in [3.8, 4) is 11.3 Å². The van der Waals surface area contributed by atoms with Crippen LogP contribution in [0.2, 0.25) is 0 Å². The first-order valence-corrected chi connectivity index (χ1v) is 10.2. The van der Waals surface area contributed by atoms with Crippen molar-refractivity contribution in [2.45, 2.75) is 13.0 Å². The number of benzene rings is 2. The molecule has 0 saturated heterocycles. The summed E-state index contributed by atoms with van der Waals surface area (Å²) >= 11 is 0. The zero-order valence-corrected chi connectivity index (χ0v) is 17.0. The van der Waals surface area contributed by atoms with E-state index < -0.39 is 0 Å². The van der Waals surface area contributed by atoms with E-state index in [-0.39, 0.29) is 5.91 Å². The average Bonchev–Trinajstić information content (AvgIpc) is 3.09. The predicted octanol–water partition coefficient (Wildman–Crippen LogP) is 4.84. The summed E-state index contributed by atoms with van der Waals surface area (Å²) in [5, 5.41) is 1.05. The van der Waals surface area contributed by atoms with Crippen molar-refractivity contribution in [3.05, 3.63) is 95.7 Å². The molecule has 4 heteroatoms. The van der Waals surface area contributed by atoms with E-state index in [1.165, 1.54) is 11.1 Å². The zero-order valence-electron chi connectivity index (χ0n) is 17.0. The van der Waals surface area contributed by atoms with Crippen molar-refractivity contribution in [1.82, 2.24) is 14.5 Å². The maximum atomic E-state index is 13.0. The number of carbonyl (C=O) groups is 1. The van der Waals surface area contributed by atoms with Gasteiger partial charge < -0.3 is 9.47 Å². The standard InChI is InChI=1S/C26H23N3O/c1-28-25(20-9-3-2-4-10-20)22(23-12-7-16-27-26(23)28)13-14-24(30)29-17-15-19-8-5-6-11-21(19)18-29/h2-14,16H,15,17-18H2,1H3/b14-13+. The topological polar surface area (TPSA) is 38.1 Å². The minimum Gasteiger partial charge on any atom is -0.334 e. The van der Waals surface area contributed by atoms with Crippen molar-refractivity contribution in [2.24, 2.45) is 7.05 Å². The summed E-state index contributed by atoms with van der Waals surface area (Å²) in [6, 6.07) is 22.6. The predicted molar refractivity (Wildman–Crippen MR) is 121 cm³/mol. The van der Waals surface area contributed by atoms with Crippen LogP contribution in [0.5, 0.6) is 0 Å². The van der Waals surface area contributed by atoms with Gasteiger partial charge in [0.1, 0.15) is 5.65 Å². The molecule has 1 aliphatic rings. The van der Waals surface area contributed by atoms with E-state index in [0.29, 0.717) is 6.54 Å². The van der Waals surface area contributed by atoms with Crippen LogP contribution in [0.15, 0.2) is 79.0 Å². The molecule has 0 bridgehead atoms. The highest BCUT2D eigenvalue weighted by Crippen LogP contribution is 2.33. The first-order chi connectivity index (χ1) is 14.7. The molecule has 0 fully saturated rings.